The zero-order valence-corrected chi connectivity index (χ0v) is 12.3. The number of hydrogen-bond acceptors (Lipinski definition) is 1. The summed E-state index contributed by atoms with van der Waals surface area (Å²) in [4.78, 5) is 0. The molecule has 1 unspecified atom stereocenters. The summed E-state index contributed by atoms with van der Waals surface area (Å²) in [6.07, 6.45) is 3.18. The number of hydrogen-bond donors (Lipinski definition) is 1. The van der Waals surface area contributed by atoms with E-state index in [4.69, 9.17) is 0 Å². The average Bonchev–Trinajstić information content (AvgIpc) is 2.28. The molecule has 1 rings (SSSR count). The zero-order chi connectivity index (χ0) is 12.8. The van der Waals surface area contributed by atoms with Gasteiger partial charge in [0.1, 0.15) is 5.82 Å². The van der Waals surface area contributed by atoms with Gasteiger partial charge >= 0.3 is 0 Å². The largest absolute Gasteiger partial charge is 0.317 e. The molecule has 1 aromatic rings. The second kappa shape index (κ2) is 7.12. The lowest BCUT2D eigenvalue weighted by molar-refractivity contribution is 0.450. The first-order valence-electron chi connectivity index (χ1n) is 6.14. The van der Waals surface area contributed by atoms with Crippen molar-refractivity contribution in [1.29, 1.82) is 0 Å². The van der Waals surface area contributed by atoms with E-state index >= 15 is 0 Å². The molecule has 1 aromatic carbocycles. The highest BCUT2D eigenvalue weighted by Crippen LogP contribution is 2.21. The third kappa shape index (κ3) is 5.17. The van der Waals surface area contributed by atoms with Gasteiger partial charge in [-0.15, -0.1) is 0 Å². The van der Waals surface area contributed by atoms with Crippen LogP contribution in [0.15, 0.2) is 22.7 Å². The van der Waals surface area contributed by atoms with Crippen molar-refractivity contribution in [3.8, 4) is 0 Å². The predicted molar refractivity (Wildman–Crippen MR) is 74.7 cm³/mol. The number of benzene rings is 1. The van der Waals surface area contributed by atoms with E-state index in [1.807, 2.05) is 7.05 Å². The Balaban J connectivity index is 2.63. The van der Waals surface area contributed by atoms with Crippen molar-refractivity contribution in [2.75, 3.05) is 7.05 Å². The van der Waals surface area contributed by atoms with Crippen molar-refractivity contribution in [3.05, 3.63) is 34.1 Å². The molecule has 0 saturated heterocycles. The van der Waals surface area contributed by atoms with E-state index in [9.17, 15) is 4.39 Å². The van der Waals surface area contributed by atoms with Crippen LogP contribution in [0.2, 0.25) is 0 Å². The predicted octanol–water partition coefficient (Wildman–Crippen LogP) is 4.15. The smallest absolute Gasteiger partial charge is 0.123 e. The van der Waals surface area contributed by atoms with Crippen molar-refractivity contribution in [1.82, 2.24) is 5.32 Å². The Morgan fingerprint density at radius 1 is 1.29 bits per heavy atom. The zero-order valence-electron chi connectivity index (χ0n) is 10.8. The molecule has 0 aromatic heterocycles. The summed E-state index contributed by atoms with van der Waals surface area (Å²) in [7, 11) is 1.97. The topological polar surface area (TPSA) is 12.0 Å². The van der Waals surface area contributed by atoms with Crippen LogP contribution in [0.3, 0.4) is 0 Å². The summed E-state index contributed by atoms with van der Waals surface area (Å²) < 4.78 is 14.2. The van der Waals surface area contributed by atoms with Crippen molar-refractivity contribution >= 4 is 15.9 Å². The lowest BCUT2D eigenvalue weighted by Gasteiger charge is -2.18. The Labute approximate surface area is 112 Å². The first-order chi connectivity index (χ1) is 8.02. The number of halogens is 2. The van der Waals surface area contributed by atoms with Crippen molar-refractivity contribution in [3.63, 3.8) is 0 Å². The highest BCUT2D eigenvalue weighted by atomic mass is 79.9. The third-order valence-electron chi connectivity index (χ3n) is 2.97. The molecule has 0 aliphatic carbocycles. The maximum atomic E-state index is 13.2. The number of nitrogens with one attached hydrogen (secondary N) is 1. The second-order valence-corrected chi connectivity index (χ2v) is 5.75. The van der Waals surface area contributed by atoms with Gasteiger partial charge in [0.05, 0.1) is 0 Å². The van der Waals surface area contributed by atoms with Crippen LogP contribution in [-0.2, 0) is 6.42 Å². The van der Waals surface area contributed by atoms with E-state index in [0.29, 0.717) is 12.0 Å². The van der Waals surface area contributed by atoms with E-state index in [0.717, 1.165) is 22.9 Å². The van der Waals surface area contributed by atoms with Crippen molar-refractivity contribution < 1.29 is 4.39 Å². The summed E-state index contributed by atoms with van der Waals surface area (Å²) >= 11 is 3.47. The lowest BCUT2D eigenvalue weighted by Crippen LogP contribution is -2.28. The highest BCUT2D eigenvalue weighted by Gasteiger charge is 2.11. The van der Waals surface area contributed by atoms with E-state index in [1.54, 1.807) is 12.1 Å². The van der Waals surface area contributed by atoms with Gasteiger partial charge < -0.3 is 5.32 Å². The molecule has 17 heavy (non-hydrogen) atoms. The van der Waals surface area contributed by atoms with Gasteiger partial charge in [0.15, 0.2) is 0 Å². The van der Waals surface area contributed by atoms with Gasteiger partial charge in [0.2, 0.25) is 0 Å². The van der Waals surface area contributed by atoms with E-state index in [-0.39, 0.29) is 5.82 Å². The molecule has 3 heteroatoms. The van der Waals surface area contributed by atoms with Gasteiger partial charge in [0.25, 0.3) is 0 Å². The Hall–Kier alpha value is -0.410. The van der Waals surface area contributed by atoms with Gasteiger partial charge in [-0.2, -0.15) is 0 Å². The van der Waals surface area contributed by atoms with E-state index < -0.39 is 0 Å². The fraction of sp³-hybridized carbons (Fsp3) is 0.571. The van der Waals surface area contributed by atoms with Crippen LogP contribution < -0.4 is 5.32 Å². The van der Waals surface area contributed by atoms with Crippen LogP contribution in [0, 0.1) is 11.7 Å². The molecule has 0 fully saturated rings. The second-order valence-electron chi connectivity index (χ2n) is 4.90. The third-order valence-corrected chi connectivity index (χ3v) is 3.75. The molecule has 0 saturated carbocycles. The standard InChI is InChI=1S/C14H21BrFN/c1-10(2)4-6-13(17-3)9-11-8-12(16)5-7-14(11)15/h5,7-8,10,13,17H,4,6,9H2,1-3H3. The first kappa shape index (κ1) is 14.7. The maximum Gasteiger partial charge on any atom is 0.123 e. The lowest BCUT2D eigenvalue weighted by atomic mass is 9.98. The monoisotopic (exact) mass is 301 g/mol. The van der Waals surface area contributed by atoms with Gasteiger partial charge in [-0.1, -0.05) is 29.8 Å². The summed E-state index contributed by atoms with van der Waals surface area (Å²) in [5, 5.41) is 3.31. The molecule has 1 N–H and O–H groups in total. The number of likely N-dealkylation sites (N-methyl/N-ethyl adjacent to an activating group) is 1. The van der Waals surface area contributed by atoms with Gasteiger partial charge in [0, 0.05) is 10.5 Å². The van der Waals surface area contributed by atoms with Crippen LogP contribution >= 0.6 is 15.9 Å². The maximum absolute atomic E-state index is 13.2. The summed E-state index contributed by atoms with van der Waals surface area (Å²) in [5.41, 5.74) is 1.04. The quantitative estimate of drug-likeness (QED) is 0.832. The fourth-order valence-electron chi connectivity index (χ4n) is 1.85. The molecule has 0 aliphatic rings. The van der Waals surface area contributed by atoms with Crippen LogP contribution in [0.1, 0.15) is 32.3 Å². The van der Waals surface area contributed by atoms with Gasteiger partial charge in [-0.3, -0.25) is 0 Å². The van der Waals surface area contributed by atoms with Gasteiger partial charge in [-0.05, 0) is 56.0 Å². The normalized spacial score (nSPS) is 13.1. The molecule has 96 valence electrons. The summed E-state index contributed by atoms with van der Waals surface area (Å²) in [6.45, 7) is 4.45. The van der Waals surface area contributed by atoms with Gasteiger partial charge in [-0.25, -0.2) is 4.39 Å². The van der Waals surface area contributed by atoms with Crippen LogP contribution in [0.25, 0.3) is 0 Å². The minimum Gasteiger partial charge on any atom is -0.317 e. The van der Waals surface area contributed by atoms with E-state index in [2.05, 4.69) is 35.1 Å². The molecule has 1 atom stereocenters. The van der Waals surface area contributed by atoms with Crippen molar-refractivity contribution in [2.24, 2.45) is 5.92 Å². The molecule has 0 radical (unpaired) electrons. The highest BCUT2D eigenvalue weighted by molar-refractivity contribution is 9.10. The molecule has 1 nitrogen and oxygen atoms in total. The number of rotatable bonds is 6. The Morgan fingerprint density at radius 3 is 2.59 bits per heavy atom. The Kier molecular flexibility index (Phi) is 6.14. The van der Waals surface area contributed by atoms with Crippen LogP contribution in [0.4, 0.5) is 4.39 Å². The Bertz CT molecular complexity index is 352. The Morgan fingerprint density at radius 2 is 2.00 bits per heavy atom. The molecule has 0 aliphatic heterocycles. The molecule has 0 heterocycles. The molecular weight excluding hydrogens is 281 g/mol. The molecule has 0 spiro atoms. The van der Waals surface area contributed by atoms with Crippen LogP contribution in [-0.4, -0.2) is 13.1 Å². The van der Waals surface area contributed by atoms with Crippen LogP contribution in [0.5, 0.6) is 0 Å². The summed E-state index contributed by atoms with van der Waals surface area (Å²) in [6, 6.07) is 5.29. The average molecular weight is 302 g/mol. The minimum atomic E-state index is -0.165. The molecule has 0 bridgehead atoms. The fourth-order valence-corrected chi connectivity index (χ4v) is 2.26. The molecule has 0 amide bonds. The van der Waals surface area contributed by atoms with E-state index in [1.165, 1.54) is 12.5 Å². The SMILES string of the molecule is CNC(CCC(C)C)Cc1cc(F)ccc1Br. The first-order valence-corrected chi connectivity index (χ1v) is 6.93. The minimum absolute atomic E-state index is 0.165. The molecular formula is C14H21BrFN. The van der Waals surface area contributed by atoms with Crippen molar-refractivity contribution in [2.45, 2.75) is 39.2 Å². The summed E-state index contributed by atoms with van der Waals surface area (Å²) in [5.74, 6) is 0.545.